The number of rotatable bonds is 1. The number of aromatic amines is 1. The molecule has 0 aliphatic rings. The van der Waals surface area contributed by atoms with Crippen LogP contribution in [-0.2, 0) is 0 Å². The average molecular weight is 328 g/mol. The van der Waals surface area contributed by atoms with Gasteiger partial charge in [0.05, 0.1) is 19.7 Å². The third-order valence-electron chi connectivity index (χ3n) is 2.65. The molecule has 0 spiro atoms. The Balaban J connectivity index is 2.23. The van der Waals surface area contributed by atoms with Gasteiger partial charge >= 0.3 is 0 Å². The second-order valence-electron chi connectivity index (χ2n) is 3.76. The number of hydrogen-bond donors (Lipinski definition) is 1. The molecule has 3 rings (SSSR count). The first-order valence-corrected chi connectivity index (χ1v) is 7.04. The minimum atomic E-state index is 0.753. The van der Waals surface area contributed by atoms with Crippen molar-refractivity contribution in [2.45, 2.75) is 6.92 Å². The van der Waals surface area contributed by atoms with Crippen LogP contribution in [0.15, 0.2) is 28.1 Å². The zero-order valence-electron chi connectivity index (χ0n) is 8.92. The van der Waals surface area contributed by atoms with Gasteiger partial charge in [0.15, 0.2) is 0 Å². The first kappa shape index (κ1) is 11.3. The van der Waals surface area contributed by atoms with Crippen LogP contribution >= 0.6 is 38.9 Å². The molecule has 0 amide bonds. The number of nitrogens with one attached hydrogen (secondary N) is 1. The summed E-state index contributed by atoms with van der Waals surface area (Å²) in [5.74, 6) is 0.890. The summed E-state index contributed by atoms with van der Waals surface area (Å²) < 4.78 is 1.10. The molecule has 0 saturated heterocycles. The zero-order chi connectivity index (χ0) is 12.0. The second-order valence-corrected chi connectivity index (χ2v) is 6.63. The molecule has 17 heavy (non-hydrogen) atoms. The number of thiophene rings is 1. The second kappa shape index (κ2) is 4.12. The van der Waals surface area contributed by atoms with Gasteiger partial charge in [0.1, 0.15) is 5.82 Å². The lowest BCUT2D eigenvalue weighted by Crippen LogP contribution is -1.78. The predicted octanol–water partition coefficient (Wildman–Crippen LogP) is 5.02. The summed E-state index contributed by atoms with van der Waals surface area (Å²) in [6, 6.07) is 7.92. The molecule has 2 nitrogen and oxygen atoms in total. The number of aryl methyl sites for hydroxylation is 1. The molecule has 2 aromatic heterocycles. The van der Waals surface area contributed by atoms with E-state index in [-0.39, 0.29) is 0 Å². The third-order valence-corrected chi connectivity index (χ3v) is 4.69. The Bertz CT molecular complexity index is 702. The number of nitrogens with zero attached hydrogens (tertiary/aromatic N) is 1. The van der Waals surface area contributed by atoms with Gasteiger partial charge in [-0.2, -0.15) is 0 Å². The van der Waals surface area contributed by atoms with Gasteiger partial charge in [0.25, 0.3) is 0 Å². The number of fused-ring (bicyclic) bond motifs is 1. The summed E-state index contributed by atoms with van der Waals surface area (Å²) in [5, 5.41) is 0.753. The average Bonchev–Trinajstić information content (AvgIpc) is 2.90. The van der Waals surface area contributed by atoms with E-state index in [1.165, 1.54) is 0 Å². The number of imidazole rings is 1. The lowest BCUT2D eigenvalue weighted by Gasteiger charge is -1.96. The third kappa shape index (κ3) is 1.90. The van der Waals surface area contributed by atoms with Crippen LogP contribution in [-0.4, -0.2) is 9.97 Å². The molecule has 2 heterocycles. The van der Waals surface area contributed by atoms with Crippen LogP contribution in [0, 0.1) is 6.92 Å². The van der Waals surface area contributed by atoms with Crippen molar-refractivity contribution in [2.75, 3.05) is 0 Å². The maximum Gasteiger partial charge on any atom is 0.148 e. The van der Waals surface area contributed by atoms with Crippen molar-refractivity contribution in [3.63, 3.8) is 0 Å². The Morgan fingerprint density at radius 1 is 1.29 bits per heavy atom. The van der Waals surface area contributed by atoms with Crippen molar-refractivity contribution in [1.82, 2.24) is 9.97 Å². The van der Waals surface area contributed by atoms with Gasteiger partial charge in [0, 0.05) is 5.02 Å². The Labute approximate surface area is 116 Å². The van der Waals surface area contributed by atoms with E-state index in [0.717, 1.165) is 36.1 Å². The maximum atomic E-state index is 6.09. The van der Waals surface area contributed by atoms with E-state index in [1.54, 1.807) is 11.3 Å². The molecule has 1 aromatic carbocycles. The zero-order valence-corrected chi connectivity index (χ0v) is 12.1. The lowest BCUT2D eigenvalue weighted by atomic mass is 10.2. The minimum Gasteiger partial charge on any atom is -0.337 e. The van der Waals surface area contributed by atoms with Gasteiger partial charge in [-0.05, 0) is 52.7 Å². The Morgan fingerprint density at radius 3 is 2.82 bits per heavy atom. The van der Waals surface area contributed by atoms with Crippen molar-refractivity contribution < 1.29 is 0 Å². The summed E-state index contributed by atoms with van der Waals surface area (Å²) in [7, 11) is 0. The molecule has 3 aromatic rings. The molecular weight excluding hydrogens is 320 g/mol. The van der Waals surface area contributed by atoms with E-state index >= 15 is 0 Å². The normalized spacial score (nSPS) is 11.2. The van der Waals surface area contributed by atoms with E-state index < -0.39 is 0 Å². The molecule has 0 aliphatic heterocycles. The summed E-state index contributed by atoms with van der Waals surface area (Å²) in [6.07, 6.45) is 0. The molecule has 0 aliphatic carbocycles. The van der Waals surface area contributed by atoms with Crippen LogP contribution in [0.4, 0.5) is 0 Å². The van der Waals surface area contributed by atoms with Gasteiger partial charge in [-0.3, -0.25) is 0 Å². The molecule has 5 heteroatoms. The van der Waals surface area contributed by atoms with Crippen molar-refractivity contribution >= 4 is 49.9 Å². The smallest absolute Gasteiger partial charge is 0.148 e. The maximum absolute atomic E-state index is 6.09. The SMILES string of the molecule is Cc1c(Cl)ccc2[nH]c(-c3ccc(Br)s3)nc12. The Kier molecular flexibility index (Phi) is 2.73. The number of aromatic nitrogens is 2. The molecule has 1 N–H and O–H groups in total. The van der Waals surface area contributed by atoms with Crippen molar-refractivity contribution in [1.29, 1.82) is 0 Å². The van der Waals surface area contributed by atoms with Crippen molar-refractivity contribution in [2.24, 2.45) is 0 Å². The van der Waals surface area contributed by atoms with Gasteiger partial charge in [-0.1, -0.05) is 11.6 Å². The Hall–Kier alpha value is -0.840. The van der Waals surface area contributed by atoms with E-state index in [9.17, 15) is 0 Å². The van der Waals surface area contributed by atoms with Gasteiger partial charge in [-0.15, -0.1) is 11.3 Å². The first-order valence-electron chi connectivity index (χ1n) is 5.05. The summed E-state index contributed by atoms with van der Waals surface area (Å²) in [5.41, 5.74) is 2.98. The highest BCUT2D eigenvalue weighted by molar-refractivity contribution is 9.11. The fourth-order valence-electron chi connectivity index (χ4n) is 1.75. The summed E-state index contributed by atoms with van der Waals surface area (Å²) >= 11 is 11.2. The highest BCUT2D eigenvalue weighted by Gasteiger charge is 2.10. The van der Waals surface area contributed by atoms with Crippen molar-refractivity contribution in [3.05, 3.63) is 38.6 Å². The number of H-pyrrole nitrogens is 1. The predicted molar refractivity (Wildman–Crippen MR) is 76.9 cm³/mol. The molecule has 0 atom stereocenters. The monoisotopic (exact) mass is 326 g/mol. The first-order chi connectivity index (χ1) is 8.15. The topological polar surface area (TPSA) is 28.7 Å². The summed E-state index contributed by atoms with van der Waals surface area (Å²) in [6.45, 7) is 1.99. The van der Waals surface area contributed by atoms with Crippen molar-refractivity contribution in [3.8, 4) is 10.7 Å². The largest absolute Gasteiger partial charge is 0.337 e. The molecule has 0 unspecified atom stereocenters. The number of benzene rings is 1. The standard InChI is InChI=1S/C12H8BrClN2S/c1-6-7(14)2-3-8-11(6)16-12(15-8)9-4-5-10(13)17-9/h2-5H,1H3,(H,15,16). The molecule has 0 radical (unpaired) electrons. The van der Waals surface area contributed by atoms with Gasteiger partial charge < -0.3 is 4.98 Å². The fourth-order valence-corrected chi connectivity index (χ4v) is 3.23. The van der Waals surface area contributed by atoms with Crippen LogP contribution in [0.1, 0.15) is 5.56 Å². The molecule has 0 fully saturated rings. The van der Waals surface area contributed by atoms with Gasteiger partial charge in [0.2, 0.25) is 0 Å². The molecule has 0 saturated carbocycles. The molecule has 86 valence electrons. The van der Waals surface area contributed by atoms with Gasteiger partial charge in [-0.25, -0.2) is 4.98 Å². The van der Waals surface area contributed by atoms with Crippen LogP contribution in [0.5, 0.6) is 0 Å². The fraction of sp³-hybridized carbons (Fsp3) is 0.0833. The van der Waals surface area contributed by atoms with E-state index in [0.29, 0.717) is 0 Å². The van der Waals surface area contributed by atoms with Crippen LogP contribution in [0.2, 0.25) is 5.02 Å². The number of halogens is 2. The van der Waals surface area contributed by atoms with E-state index in [1.807, 2.05) is 31.2 Å². The quantitative estimate of drug-likeness (QED) is 0.668. The molecular formula is C12H8BrClN2S. The van der Waals surface area contributed by atoms with E-state index in [4.69, 9.17) is 11.6 Å². The van der Waals surface area contributed by atoms with Crippen LogP contribution in [0.25, 0.3) is 21.7 Å². The summed E-state index contributed by atoms with van der Waals surface area (Å²) in [4.78, 5) is 9.03. The lowest BCUT2D eigenvalue weighted by molar-refractivity contribution is 1.35. The Morgan fingerprint density at radius 2 is 2.12 bits per heavy atom. The van der Waals surface area contributed by atoms with Crippen LogP contribution in [0.3, 0.4) is 0 Å². The number of hydrogen-bond acceptors (Lipinski definition) is 2. The molecule has 0 bridgehead atoms. The highest BCUT2D eigenvalue weighted by Crippen LogP contribution is 2.32. The highest BCUT2D eigenvalue weighted by atomic mass is 79.9. The minimum absolute atomic E-state index is 0.753. The van der Waals surface area contributed by atoms with Crippen LogP contribution < -0.4 is 0 Å². The van der Waals surface area contributed by atoms with E-state index in [2.05, 4.69) is 25.9 Å².